The van der Waals surface area contributed by atoms with Gasteiger partial charge < -0.3 is 15.8 Å². The third kappa shape index (κ3) is 4.67. The van der Waals surface area contributed by atoms with E-state index in [0.29, 0.717) is 17.8 Å². The van der Waals surface area contributed by atoms with Crippen molar-refractivity contribution in [1.82, 2.24) is 9.97 Å². The molecule has 0 spiro atoms. The van der Waals surface area contributed by atoms with E-state index in [1.165, 1.54) is 13.8 Å². The summed E-state index contributed by atoms with van der Waals surface area (Å²) in [5, 5.41) is 2.11. The Morgan fingerprint density at radius 3 is 2.64 bits per heavy atom. The van der Waals surface area contributed by atoms with Gasteiger partial charge in [0, 0.05) is 23.2 Å². The molecule has 0 bridgehead atoms. The fourth-order valence-electron chi connectivity index (χ4n) is 4.23. The highest BCUT2D eigenvalue weighted by atomic mass is 32.2. The molecule has 36 heavy (non-hydrogen) atoms. The normalized spacial score (nSPS) is 25.3. The number of alkyl halides is 5. The molecule has 1 unspecified atom stereocenters. The fraction of sp³-hybridized carbons (Fsp3) is 0.429. The molecular weight excluding hydrogens is 519 g/mol. The van der Waals surface area contributed by atoms with E-state index in [1.54, 1.807) is 0 Å². The van der Waals surface area contributed by atoms with Crippen LogP contribution in [0.1, 0.15) is 35.1 Å². The average molecular weight is 537 g/mol. The number of anilines is 1. The molecule has 7 nitrogen and oxygen atoms in total. The van der Waals surface area contributed by atoms with Crippen molar-refractivity contribution in [3.63, 3.8) is 0 Å². The number of carbonyl (C=O) groups is 1. The van der Waals surface area contributed by atoms with Gasteiger partial charge in [0.1, 0.15) is 5.69 Å². The highest BCUT2D eigenvalue weighted by molar-refractivity contribution is 8.15. The molecular formula is C21H18F7N5O2S. The lowest BCUT2D eigenvalue weighted by atomic mass is 9.85. The number of fused-ring (bicyclic) bond motifs is 1. The van der Waals surface area contributed by atoms with Crippen molar-refractivity contribution >= 4 is 28.5 Å². The Morgan fingerprint density at radius 2 is 2.03 bits per heavy atom. The first kappa shape index (κ1) is 26.0. The quantitative estimate of drug-likeness (QED) is 0.524. The van der Waals surface area contributed by atoms with E-state index in [2.05, 4.69) is 25.0 Å². The number of thioether (sulfide) groups is 1. The molecule has 194 valence electrons. The molecule has 2 aliphatic rings. The molecule has 1 aromatic carbocycles. The highest BCUT2D eigenvalue weighted by Gasteiger charge is 2.71. The van der Waals surface area contributed by atoms with Gasteiger partial charge in [-0.25, -0.2) is 27.5 Å². The minimum atomic E-state index is -4.60. The van der Waals surface area contributed by atoms with Gasteiger partial charge in [-0.3, -0.25) is 9.79 Å². The lowest BCUT2D eigenvalue weighted by molar-refractivity contribution is -0.154. The van der Waals surface area contributed by atoms with Gasteiger partial charge >= 0.3 is 6.18 Å². The molecule has 0 radical (unpaired) electrons. The van der Waals surface area contributed by atoms with Crippen LogP contribution < -0.4 is 15.8 Å². The Hall–Kier alpha value is -3.10. The minimum absolute atomic E-state index is 0.0226. The number of benzene rings is 1. The number of ether oxygens (including phenoxy) is 1. The van der Waals surface area contributed by atoms with Crippen molar-refractivity contribution < 1.29 is 40.3 Å². The van der Waals surface area contributed by atoms with Crippen LogP contribution in [0.25, 0.3) is 0 Å². The lowest BCUT2D eigenvalue weighted by Crippen LogP contribution is -2.39. The third-order valence-corrected chi connectivity index (χ3v) is 7.30. The van der Waals surface area contributed by atoms with Crippen LogP contribution in [0.3, 0.4) is 0 Å². The first-order chi connectivity index (χ1) is 16.7. The van der Waals surface area contributed by atoms with Crippen LogP contribution in [0.5, 0.6) is 5.88 Å². The summed E-state index contributed by atoms with van der Waals surface area (Å²) < 4.78 is 96.7. The lowest BCUT2D eigenvalue weighted by Gasteiger charge is -2.34. The predicted molar refractivity (Wildman–Crippen MR) is 116 cm³/mol. The van der Waals surface area contributed by atoms with Gasteiger partial charge in [0.25, 0.3) is 12.3 Å². The first-order valence-electron chi connectivity index (χ1n) is 10.3. The smallest absolute Gasteiger partial charge is 0.422 e. The van der Waals surface area contributed by atoms with Gasteiger partial charge in [-0.2, -0.15) is 13.2 Å². The van der Waals surface area contributed by atoms with Crippen molar-refractivity contribution in [2.24, 2.45) is 16.6 Å². The number of carbonyl (C=O) groups excluding carboxylic acids is 1. The molecule has 0 saturated heterocycles. The summed E-state index contributed by atoms with van der Waals surface area (Å²) in [4.78, 5) is 24.3. The van der Waals surface area contributed by atoms with Crippen LogP contribution in [0.4, 0.5) is 36.4 Å². The fourth-order valence-corrected chi connectivity index (χ4v) is 5.57. The van der Waals surface area contributed by atoms with Crippen molar-refractivity contribution in [2.75, 3.05) is 11.9 Å². The van der Waals surface area contributed by atoms with Gasteiger partial charge in [-0.15, -0.1) is 0 Å². The Bertz CT molecular complexity index is 1260. The van der Waals surface area contributed by atoms with E-state index in [9.17, 15) is 35.5 Å². The molecule has 15 heteroatoms. The second kappa shape index (κ2) is 8.78. The van der Waals surface area contributed by atoms with Crippen LogP contribution in [0, 0.1) is 24.5 Å². The van der Waals surface area contributed by atoms with Gasteiger partial charge in [0.15, 0.2) is 23.4 Å². The van der Waals surface area contributed by atoms with Crippen LogP contribution >= 0.6 is 11.8 Å². The van der Waals surface area contributed by atoms with Crippen molar-refractivity contribution in [3.05, 3.63) is 46.9 Å². The molecule has 2 heterocycles. The van der Waals surface area contributed by atoms with E-state index in [4.69, 9.17) is 5.73 Å². The molecule has 4 rings (SSSR count). The number of aromatic nitrogens is 2. The molecule has 1 amide bonds. The van der Waals surface area contributed by atoms with Gasteiger partial charge in [0.05, 0.1) is 22.2 Å². The zero-order valence-corrected chi connectivity index (χ0v) is 19.4. The number of amides is 1. The number of hydrogen-bond acceptors (Lipinski definition) is 7. The molecule has 1 aliphatic heterocycles. The number of nitrogens with zero attached hydrogens (tertiary/aromatic N) is 3. The third-order valence-electron chi connectivity index (χ3n) is 5.99. The van der Waals surface area contributed by atoms with Crippen molar-refractivity contribution in [2.45, 2.75) is 43.2 Å². The zero-order chi connectivity index (χ0) is 26.6. The van der Waals surface area contributed by atoms with Crippen molar-refractivity contribution in [3.8, 4) is 5.88 Å². The molecule has 1 aliphatic carbocycles. The van der Waals surface area contributed by atoms with Gasteiger partial charge in [0.2, 0.25) is 5.88 Å². The van der Waals surface area contributed by atoms with E-state index in [0.717, 1.165) is 12.3 Å². The number of amidine groups is 1. The second-order valence-electron chi connectivity index (χ2n) is 8.53. The largest absolute Gasteiger partial charge is 0.467 e. The Labute approximate surface area is 203 Å². The summed E-state index contributed by atoms with van der Waals surface area (Å²) in [7, 11) is 0. The Morgan fingerprint density at radius 1 is 1.33 bits per heavy atom. The summed E-state index contributed by atoms with van der Waals surface area (Å²) in [6.07, 6.45) is -6.60. The summed E-state index contributed by atoms with van der Waals surface area (Å²) in [5.74, 6) is -4.92. The van der Waals surface area contributed by atoms with Crippen LogP contribution in [-0.2, 0) is 5.54 Å². The number of aryl methyl sites for hydroxylation is 1. The highest BCUT2D eigenvalue weighted by Crippen LogP contribution is 2.68. The monoisotopic (exact) mass is 537 g/mol. The maximum Gasteiger partial charge on any atom is 0.422 e. The van der Waals surface area contributed by atoms with Crippen LogP contribution in [0.2, 0.25) is 0 Å². The molecule has 3 N–H and O–H groups in total. The maximum atomic E-state index is 14.9. The first-order valence-corrected chi connectivity index (χ1v) is 11.1. The van der Waals surface area contributed by atoms with Crippen molar-refractivity contribution in [1.29, 1.82) is 0 Å². The Balaban J connectivity index is 1.61. The Kier molecular flexibility index (Phi) is 6.34. The number of aliphatic imine (C=N–C) groups is 1. The predicted octanol–water partition coefficient (Wildman–Crippen LogP) is 4.56. The van der Waals surface area contributed by atoms with Crippen LogP contribution in [-0.4, -0.2) is 45.0 Å². The molecule has 1 fully saturated rings. The summed E-state index contributed by atoms with van der Waals surface area (Å²) in [6.45, 7) is 1.05. The zero-order valence-electron chi connectivity index (χ0n) is 18.6. The van der Waals surface area contributed by atoms with Gasteiger partial charge in [-0.1, -0.05) is 11.8 Å². The molecule has 1 aromatic heterocycles. The number of nitrogens with one attached hydrogen (secondary N) is 1. The van der Waals surface area contributed by atoms with E-state index < -0.39 is 58.8 Å². The summed E-state index contributed by atoms with van der Waals surface area (Å²) in [6, 6.07) is 1.75. The maximum absolute atomic E-state index is 14.9. The number of nitrogens with two attached hydrogens (primary N) is 1. The average Bonchev–Trinajstić information content (AvgIpc) is 3.51. The standard InChI is InChI=1S/C21H18F7N5O2S/c1-8-15(30-6-13(31-8)35-7-21(26,27)28)16(34)32-9-3-10(14(23)11(22)4-9)19(2)12-5-20(12,17(24)25)36-18(29)33-19/h3-4,6,12,17H,5,7H2,1-2H3,(H2,29,33)(H,32,34)/t12?,19-,20+/m1/s1. The summed E-state index contributed by atoms with van der Waals surface area (Å²) in [5.41, 5.74) is 3.12. The molecule has 2 aromatic rings. The number of hydrogen-bond donors (Lipinski definition) is 2. The topological polar surface area (TPSA) is 102 Å². The summed E-state index contributed by atoms with van der Waals surface area (Å²) >= 11 is 0.701. The van der Waals surface area contributed by atoms with Crippen LogP contribution in [0.15, 0.2) is 23.3 Å². The number of rotatable bonds is 6. The second-order valence-corrected chi connectivity index (χ2v) is 9.91. The van der Waals surface area contributed by atoms with Gasteiger partial charge in [-0.05, 0) is 26.3 Å². The van der Waals surface area contributed by atoms with E-state index in [-0.39, 0.29) is 34.2 Å². The number of halogens is 7. The van der Waals surface area contributed by atoms with E-state index >= 15 is 0 Å². The minimum Gasteiger partial charge on any atom is -0.467 e. The molecule has 3 atom stereocenters. The molecule has 1 saturated carbocycles. The van der Waals surface area contributed by atoms with E-state index in [1.807, 2.05) is 0 Å². The SMILES string of the molecule is Cc1nc(OCC(F)(F)F)cnc1C(=O)Nc1cc(F)c(F)c([C@@]2(C)N=C(N)S[C@@]3(C(F)F)CC32)c1.